The fraction of sp³-hybridized carbons (Fsp3) is 0.111. The van der Waals surface area contributed by atoms with Crippen molar-refractivity contribution < 1.29 is 0 Å². The number of hydrogen-bond donors (Lipinski definition) is 0. The van der Waals surface area contributed by atoms with E-state index in [1.807, 2.05) is 42.5 Å². The van der Waals surface area contributed by atoms with Gasteiger partial charge in [0.2, 0.25) is 5.65 Å². The summed E-state index contributed by atoms with van der Waals surface area (Å²) in [6, 6.07) is 18.8. The summed E-state index contributed by atoms with van der Waals surface area (Å²) in [6.07, 6.45) is 7.50. The van der Waals surface area contributed by atoms with Crippen molar-refractivity contribution in [2.75, 3.05) is 0 Å². The molecule has 0 aliphatic rings. The largest absolute Gasteiger partial charge is 0.275 e. The van der Waals surface area contributed by atoms with Crippen molar-refractivity contribution in [3.05, 3.63) is 84.9 Å². The van der Waals surface area contributed by atoms with Crippen molar-refractivity contribution in [1.82, 2.24) is 39.7 Å². The molecule has 5 aromatic heterocycles. The Morgan fingerprint density at radius 3 is 2.67 bits per heavy atom. The summed E-state index contributed by atoms with van der Waals surface area (Å²) in [5, 5.41) is 15.2. The van der Waals surface area contributed by atoms with Crippen LogP contribution in [0.3, 0.4) is 0 Å². The van der Waals surface area contributed by atoms with E-state index >= 15 is 0 Å². The quantitative estimate of drug-likeness (QED) is 0.318. The summed E-state index contributed by atoms with van der Waals surface area (Å²) in [5.74, 6) is 0. The second-order valence-electron chi connectivity index (χ2n) is 8.84. The maximum absolute atomic E-state index is 4.93. The molecule has 1 unspecified atom stereocenters. The van der Waals surface area contributed by atoms with Gasteiger partial charge in [-0.15, -0.1) is 16.4 Å². The monoisotopic (exact) mass is 488 g/mol. The highest BCUT2D eigenvalue weighted by Gasteiger charge is 2.18. The molecule has 0 bridgehead atoms. The van der Waals surface area contributed by atoms with Gasteiger partial charge in [0.1, 0.15) is 5.69 Å². The molecular weight excluding hydrogens is 468 g/mol. The van der Waals surface area contributed by atoms with Crippen LogP contribution < -0.4 is 0 Å². The lowest BCUT2D eigenvalue weighted by Crippen LogP contribution is -2.09. The summed E-state index contributed by atoms with van der Waals surface area (Å²) < 4.78 is 4.87. The minimum atomic E-state index is -0.0894. The molecule has 0 saturated heterocycles. The van der Waals surface area contributed by atoms with Crippen LogP contribution in [-0.2, 0) is 7.05 Å². The SMILES string of the molecule is CC(c1ccc2ncc(-c3cnn(C)c3)cc2c1)n1nnc2ncc(-c3cc4ccccc4s3)nc21. The highest BCUT2D eigenvalue weighted by molar-refractivity contribution is 7.22. The van der Waals surface area contributed by atoms with Gasteiger partial charge in [-0.3, -0.25) is 9.67 Å². The van der Waals surface area contributed by atoms with Crippen molar-refractivity contribution in [1.29, 1.82) is 0 Å². The summed E-state index contributed by atoms with van der Waals surface area (Å²) in [6.45, 7) is 2.10. The summed E-state index contributed by atoms with van der Waals surface area (Å²) in [4.78, 5) is 15.2. The zero-order valence-electron chi connectivity index (χ0n) is 19.6. The van der Waals surface area contributed by atoms with Gasteiger partial charge in [-0.05, 0) is 48.2 Å². The third kappa shape index (κ3) is 3.44. The second kappa shape index (κ2) is 8.03. The highest BCUT2D eigenvalue weighted by atomic mass is 32.1. The topological polar surface area (TPSA) is 87.2 Å². The number of fused-ring (bicyclic) bond motifs is 3. The van der Waals surface area contributed by atoms with Crippen LogP contribution in [0, 0.1) is 0 Å². The zero-order chi connectivity index (χ0) is 24.2. The van der Waals surface area contributed by atoms with Gasteiger partial charge in [0.25, 0.3) is 0 Å². The van der Waals surface area contributed by atoms with Crippen LogP contribution in [0.15, 0.2) is 79.4 Å². The number of rotatable bonds is 4. The van der Waals surface area contributed by atoms with Gasteiger partial charge >= 0.3 is 0 Å². The number of nitrogens with zero attached hydrogens (tertiary/aromatic N) is 8. The fourth-order valence-electron chi connectivity index (χ4n) is 4.50. The van der Waals surface area contributed by atoms with E-state index in [9.17, 15) is 0 Å². The second-order valence-corrected chi connectivity index (χ2v) is 9.92. The first kappa shape index (κ1) is 20.8. The maximum atomic E-state index is 4.93. The first-order valence-corrected chi connectivity index (χ1v) is 12.4. The summed E-state index contributed by atoms with van der Waals surface area (Å²) in [5.41, 5.74) is 6.13. The van der Waals surface area contributed by atoms with E-state index in [1.165, 1.54) is 10.1 Å². The highest BCUT2D eigenvalue weighted by Crippen LogP contribution is 2.33. The lowest BCUT2D eigenvalue weighted by molar-refractivity contribution is 0.556. The van der Waals surface area contributed by atoms with Crippen LogP contribution in [0.5, 0.6) is 0 Å². The number of thiophene rings is 1. The molecule has 7 rings (SSSR count). The van der Waals surface area contributed by atoms with Crippen molar-refractivity contribution in [3.63, 3.8) is 0 Å². The lowest BCUT2D eigenvalue weighted by Gasteiger charge is -2.13. The fourth-order valence-corrected chi connectivity index (χ4v) is 5.51. The van der Waals surface area contributed by atoms with E-state index in [0.29, 0.717) is 11.3 Å². The van der Waals surface area contributed by atoms with E-state index in [-0.39, 0.29) is 6.04 Å². The average Bonchev–Trinajstić information content (AvgIpc) is 3.65. The predicted octanol–water partition coefficient (Wildman–Crippen LogP) is 5.66. The molecule has 7 aromatic rings. The van der Waals surface area contributed by atoms with Gasteiger partial charge in [-0.25, -0.2) is 14.6 Å². The molecule has 8 nitrogen and oxygen atoms in total. The molecule has 174 valence electrons. The van der Waals surface area contributed by atoms with Crippen LogP contribution in [0.1, 0.15) is 18.5 Å². The summed E-state index contributed by atoms with van der Waals surface area (Å²) >= 11 is 1.71. The Bertz CT molecular complexity index is 1860. The van der Waals surface area contributed by atoms with Gasteiger partial charge in [0.05, 0.1) is 28.8 Å². The number of hydrogen-bond acceptors (Lipinski definition) is 7. The third-order valence-corrected chi connectivity index (χ3v) is 7.60. The van der Waals surface area contributed by atoms with Crippen LogP contribution in [0.2, 0.25) is 0 Å². The van der Waals surface area contributed by atoms with Crippen LogP contribution in [-0.4, -0.2) is 39.7 Å². The Balaban J connectivity index is 1.28. The lowest BCUT2D eigenvalue weighted by atomic mass is 10.0. The summed E-state index contributed by atoms with van der Waals surface area (Å²) in [7, 11) is 1.91. The molecule has 0 radical (unpaired) electrons. The van der Waals surface area contributed by atoms with Crippen molar-refractivity contribution in [2.45, 2.75) is 13.0 Å². The third-order valence-electron chi connectivity index (χ3n) is 6.46. The van der Waals surface area contributed by atoms with Gasteiger partial charge in [-0.1, -0.05) is 29.5 Å². The number of aryl methyl sites for hydroxylation is 1. The van der Waals surface area contributed by atoms with Gasteiger partial charge in [0.15, 0.2) is 5.65 Å². The van der Waals surface area contributed by atoms with Gasteiger partial charge < -0.3 is 0 Å². The molecular formula is C27H20N8S. The zero-order valence-corrected chi connectivity index (χ0v) is 20.4. The van der Waals surface area contributed by atoms with E-state index in [0.717, 1.165) is 38.2 Å². The smallest absolute Gasteiger partial charge is 0.221 e. The van der Waals surface area contributed by atoms with Crippen LogP contribution >= 0.6 is 11.3 Å². The number of benzene rings is 2. The number of aromatic nitrogens is 8. The molecule has 0 aliphatic carbocycles. The van der Waals surface area contributed by atoms with Crippen molar-refractivity contribution >= 4 is 43.6 Å². The van der Waals surface area contributed by atoms with Gasteiger partial charge in [-0.2, -0.15) is 5.10 Å². The standard InChI is InChI=1S/C27H20N8S/c1-16(17-7-8-22-19(9-17)10-20(12-28-22)21-13-30-34(2)15-21)35-27-26(32-33-35)29-14-23(31-27)25-11-18-5-3-4-6-24(18)36-25/h3-16H,1-2H3. The van der Waals surface area contributed by atoms with E-state index < -0.39 is 0 Å². The molecule has 0 fully saturated rings. The molecule has 0 N–H and O–H groups in total. The van der Waals surface area contributed by atoms with Crippen LogP contribution in [0.4, 0.5) is 0 Å². The van der Waals surface area contributed by atoms with E-state index in [1.54, 1.807) is 22.2 Å². The maximum Gasteiger partial charge on any atom is 0.221 e. The molecule has 5 heterocycles. The molecule has 9 heteroatoms. The Kier molecular flexibility index (Phi) is 4.65. The van der Waals surface area contributed by atoms with Crippen LogP contribution in [0.25, 0.3) is 54.0 Å². The molecule has 0 spiro atoms. The van der Waals surface area contributed by atoms with E-state index in [2.05, 4.69) is 74.8 Å². The Labute approximate surface area is 209 Å². The van der Waals surface area contributed by atoms with E-state index in [4.69, 9.17) is 4.98 Å². The molecule has 1 atom stereocenters. The Morgan fingerprint density at radius 2 is 1.81 bits per heavy atom. The molecule has 0 aliphatic heterocycles. The minimum Gasteiger partial charge on any atom is -0.275 e. The van der Waals surface area contributed by atoms with Crippen molar-refractivity contribution in [2.24, 2.45) is 7.05 Å². The first-order chi connectivity index (χ1) is 17.6. The molecule has 2 aromatic carbocycles. The Morgan fingerprint density at radius 1 is 0.889 bits per heavy atom. The average molecular weight is 489 g/mol. The minimum absolute atomic E-state index is 0.0894. The molecule has 0 amide bonds. The molecule has 0 saturated carbocycles. The first-order valence-electron chi connectivity index (χ1n) is 11.6. The number of pyridine rings is 1. The normalized spacial score (nSPS) is 12.6. The van der Waals surface area contributed by atoms with Crippen molar-refractivity contribution in [3.8, 4) is 21.7 Å². The van der Waals surface area contributed by atoms with Gasteiger partial charge in [0, 0.05) is 40.7 Å². The molecule has 36 heavy (non-hydrogen) atoms. The predicted molar refractivity (Wildman–Crippen MR) is 142 cm³/mol. The Hall–Kier alpha value is -4.50.